The van der Waals surface area contributed by atoms with Gasteiger partial charge in [0.05, 0.1) is 11.4 Å². The van der Waals surface area contributed by atoms with Gasteiger partial charge in [-0.15, -0.1) is 10.2 Å². The molecule has 2 N–H and O–H groups in total. The molecule has 0 aliphatic heterocycles. The summed E-state index contributed by atoms with van der Waals surface area (Å²) in [7, 11) is -0.00805. The van der Waals surface area contributed by atoms with Gasteiger partial charge in [-0.2, -0.15) is 0 Å². The van der Waals surface area contributed by atoms with Crippen molar-refractivity contribution < 1.29 is 8.42 Å². The molecule has 0 saturated carbocycles. The van der Waals surface area contributed by atoms with Gasteiger partial charge < -0.3 is 9.88 Å². The molecule has 0 spiro atoms. The third kappa shape index (κ3) is 3.09. The third-order valence-corrected chi connectivity index (χ3v) is 4.10. The fourth-order valence-corrected chi connectivity index (χ4v) is 2.49. The van der Waals surface area contributed by atoms with Gasteiger partial charge in [-0.05, 0) is 24.3 Å². The zero-order valence-electron chi connectivity index (χ0n) is 10.7. The minimum atomic E-state index is -3.54. The van der Waals surface area contributed by atoms with Crippen LogP contribution in [-0.2, 0) is 23.6 Å². The fraction of sp³-hybridized carbons (Fsp3) is 0.273. The van der Waals surface area contributed by atoms with E-state index >= 15 is 0 Å². The van der Waals surface area contributed by atoms with Crippen molar-refractivity contribution in [3.63, 3.8) is 0 Å². The van der Waals surface area contributed by atoms with Gasteiger partial charge in [0.15, 0.2) is 0 Å². The van der Waals surface area contributed by atoms with Gasteiger partial charge in [-0.3, -0.25) is 0 Å². The number of sulfonamides is 1. The molecule has 0 unspecified atom stereocenters. The second-order valence-electron chi connectivity index (χ2n) is 3.96. The van der Waals surface area contributed by atoms with Crippen molar-refractivity contribution in [3.05, 3.63) is 36.4 Å². The zero-order chi connectivity index (χ0) is 13.9. The average molecular weight is 281 g/mol. The Balaban J connectivity index is 2.11. The van der Waals surface area contributed by atoms with E-state index in [1.54, 1.807) is 42.9 Å². The van der Waals surface area contributed by atoms with Crippen molar-refractivity contribution >= 4 is 15.7 Å². The van der Waals surface area contributed by atoms with E-state index in [4.69, 9.17) is 0 Å². The minimum absolute atomic E-state index is 0.104. The van der Waals surface area contributed by atoms with Crippen LogP contribution in [0, 0.1) is 0 Å². The average Bonchev–Trinajstić information content (AvgIpc) is 2.82. The number of hydrogen-bond acceptors (Lipinski definition) is 5. The zero-order valence-corrected chi connectivity index (χ0v) is 11.5. The van der Waals surface area contributed by atoms with Crippen LogP contribution in [0.15, 0.2) is 35.5 Å². The highest BCUT2D eigenvalue weighted by atomic mass is 32.2. The first kappa shape index (κ1) is 13.5. The van der Waals surface area contributed by atoms with Gasteiger partial charge in [-0.1, -0.05) is 0 Å². The second kappa shape index (κ2) is 5.37. The summed E-state index contributed by atoms with van der Waals surface area (Å²) in [6, 6.07) is 6.50. The lowest BCUT2D eigenvalue weighted by atomic mass is 10.3. The monoisotopic (exact) mass is 281 g/mol. The lowest BCUT2D eigenvalue weighted by Crippen LogP contribution is -2.24. The Morgan fingerprint density at radius 3 is 2.47 bits per heavy atom. The first-order chi connectivity index (χ1) is 9.03. The van der Waals surface area contributed by atoms with E-state index in [9.17, 15) is 8.42 Å². The van der Waals surface area contributed by atoms with E-state index in [0.29, 0.717) is 5.82 Å². The summed E-state index contributed by atoms with van der Waals surface area (Å²) in [6.07, 6.45) is 1.52. The van der Waals surface area contributed by atoms with Crippen LogP contribution in [0.5, 0.6) is 0 Å². The van der Waals surface area contributed by atoms with Crippen LogP contribution in [0.1, 0.15) is 5.82 Å². The largest absolute Gasteiger partial charge is 0.388 e. The Bertz CT molecular complexity index is 648. The number of aryl methyl sites for hydroxylation is 1. The van der Waals surface area contributed by atoms with Gasteiger partial charge in [0.25, 0.3) is 0 Å². The van der Waals surface area contributed by atoms with Crippen molar-refractivity contribution in [1.82, 2.24) is 19.5 Å². The normalized spacial score (nSPS) is 11.5. The molecule has 0 bridgehead atoms. The van der Waals surface area contributed by atoms with Crippen LogP contribution in [0.4, 0.5) is 5.69 Å². The smallest absolute Gasteiger partial charge is 0.240 e. The Morgan fingerprint density at radius 1 is 1.26 bits per heavy atom. The van der Waals surface area contributed by atoms with Crippen LogP contribution < -0.4 is 10.0 Å². The summed E-state index contributed by atoms with van der Waals surface area (Å²) >= 11 is 0. The van der Waals surface area contributed by atoms with E-state index in [0.717, 1.165) is 5.69 Å². The Labute approximate surface area is 111 Å². The topological polar surface area (TPSA) is 88.9 Å². The maximum atomic E-state index is 12.0. The molecule has 0 saturated heterocycles. The number of anilines is 1. The van der Waals surface area contributed by atoms with Gasteiger partial charge in [0.2, 0.25) is 10.0 Å². The van der Waals surface area contributed by atoms with Crippen LogP contribution in [-0.4, -0.2) is 30.2 Å². The maximum absolute atomic E-state index is 12.0. The van der Waals surface area contributed by atoms with E-state index in [1.807, 2.05) is 0 Å². The predicted octanol–water partition coefficient (Wildman–Crippen LogP) is 0.335. The number of benzene rings is 1. The molecule has 0 fully saturated rings. The summed E-state index contributed by atoms with van der Waals surface area (Å²) in [5.74, 6) is 0.551. The molecule has 2 rings (SSSR count). The van der Waals surface area contributed by atoms with Crippen molar-refractivity contribution in [1.29, 1.82) is 0 Å². The Morgan fingerprint density at radius 2 is 1.95 bits per heavy atom. The van der Waals surface area contributed by atoms with Gasteiger partial charge >= 0.3 is 0 Å². The van der Waals surface area contributed by atoms with E-state index in [-0.39, 0.29) is 11.4 Å². The molecule has 0 radical (unpaired) electrons. The molecule has 1 aromatic carbocycles. The Kier molecular flexibility index (Phi) is 3.82. The standard InChI is InChI=1S/C11H15N5O2S/c1-12-9-3-5-10(6-4-9)19(17,18)14-7-11-15-13-8-16(11)2/h3-6,8,12,14H,7H2,1-2H3. The van der Waals surface area contributed by atoms with Crippen LogP contribution in [0.25, 0.3) is 0 Å². The summed E-state index contributed by atoms with van der Waals surface area (Å²) in [5.41, 5.74) is 0.854. The van der Waals surface area contributed by atoms with Crippen LogP contribution in [0.3, 0.4) is 0 Å². The molecule has 2 aromatic rings. The van der Waals surface area contributed by atoms with Gasteiger partial charge in [-0.25, -0.2) is 13.1 Å². The SMILES string of the molecule is CNc1ccc(S(=O)(=O)NCc2nncn2C)cc1. The molecule has 0 amide bonds. The summed E-state index contributed by atoms with van der Waals surface area (Å²) in [5, 5.41) is 10.4. The minimum Gasteiger partial charge on any atom is -0.388 e. The number of hydrogen-bond donors (Lipinski definition) is 2. The fourth-order valence-electron chi connectivity index (χ4n) is 1.51. The summed E-state index contributed by atoms with van der Waals surface area (Å²) in [4.78, 5) is 0.216. The van der Waals surface area contributed by atoms with E-state index in [1.165, 1.54) is 6.33 Å². The highest BCUT2D eigenvalue weighted by molar-refractivity contribution is 7.89. The highest BCUT2D eigenvalue weighted by Crippen LogP contribution is 2.13. The lowest BCUT2D eigenvalue weighted by Gasteiger charge is -2.07. The molecule has 102 valence electrons. The number of nitrogens with one attached hydrogen (secondary N) is 2. The first-order valence-corrected chi connectivity index (χ1v) is 7.11. The molecule has 1 heterocycles. The summed E-state index contributed by atoms with van der Waals surface area (Å²) in [6.45, 7) is 0.104. The second-order valence-corrected chi connectivity index (χ2v) is 5.72. The number of nitrogens with zero attached hydrogens (tertiary/aromatic N) is 3. The molecule has 19 heavy (non-hydrogen) atoms. The molecular weight excluding hydrogens is 266 g/mol. The maximum Gasteiger partial charge on any atom is 0.240 e. The van der Waals surface area contributed by atoms with E-state index < -0.39 is 10.0 Å². The quantitative estimate of drug-likeness (QED) is 0.824. The first-order valence-electron chi connectivity index (χ1n) is 5.63. The molecular formula is C11H15N5O2S. The Hall–Kier alpha value is -1.93. The van der Waals surface area contributed by atoms with Crippen molar-refractivity contribution in [2.45, 2.75) is 11.4 Å². The molecule has 0 aliphatic rings. The number of aromatic nitrogens is 3. The van der Waals surface area contributed by atoms with Gasteiger partial charge in [0.1, 0.15) is 12.2 Å². The van der Waals surface area contributed by atoms with Crippen LogP contribution >= 0.6 is 0 Å². The van der Waals surface area contributed by atoms with Crippen molar-refractivity contribution in [2.75, 3.05) is 12.4 Å². The van der Waals surface area contributed by atoms with Crippen molar-refractivity contribution in [3.8, 4) is 0 Å². The molecule has 0 atom stereocenters. The molecule has 1 aromatic heterocycles. The predicted molar refractivity (Wildman–Crippen MR) is 71.0 cm³/mol. The summed E-state index contributed by atoms with van der Waals surface area (Å²) < 4.78 is 28.2. The molecule has 7 nitrogen and oxygen atoms in total. The van der Waals surface area contributed by atoms with Crippen LogP contribution in [0.2, 0.25) is 0 Å². The lowest BCUT2D eigenvalue weighted by molar-refractivity contribution is 0.577. The van der Waals surface area contributed by atoms with Gasteiger partial charge in [0, 0.05) is 19.8 Å². The number of rotatable bonds is 5. The van der Waals surface area contributed by atoms with Crippen molar-refractivity contribution in [2.24, 2.45) is 7.05 Å². The van der Waals surface area contributed by atoms with E-state index in [2.05, 4.69) is 20.2 Å². The third-order valence-electron chi connectivity index (χ3n) is 2.68. The molecule has 0 aliphatic carbocycles. The molecule has 8 heteroatoms. The highest BCUT2D eigenvalue weighted by Gasteiger charge is 2.14.